The molecular weight excluding hydrogens is 670 g/mol. The van der Waals surface area contributed by atoms with Crippen LogP contribution in [0.25, 0.3) is 21.7 Å². The van der Waals surface area contributed by atoms with E-state index >= 15 is 0 Å². The van der Waals surface area contributed by atoms with Gasteiger partial charge in [-0.3, -0.25) is 4.79 Å². The summed E-state index contributed by atoms with van der Waals surface area (Å²) in [4.78, 5) is 35.1. The molecule has 4 rings (SSSR count). The number of aromatic nitrogens is 2. The number of hydrogen-bond acceptors (Lipinski definition) is 12. The minimum atomic E-state index is -0.831. The Hall–Kier alpha value is -4.66. The summed E-state index contributed by atoms with van der Waals surface area (Å²) in [5.74, 6) is 0.435. The number of nitrogens with two attached hydrogens (primary N) is 1. The number of hydrogen-bond donors (Lipinski definition) is 2. The lowest BCUT2D eigenvalue weighted by Crippen LogP contribution is -2.42. The number of thioether (sulfide) groups is 1. The molecule has 0 bridgehead atoms. The first kappa shape index (κ1) is 36.2. The summed E-state index contributed by atoms with van der Waals surface area (Å²) < 4.78 is 10.9. The second-order valence-corrected chi connectivity index (χ2v) is 12.5. The van der Waals surface area contributed by atoms with Crippen LogP contribution >= 0.6 is 34.7 Å². The zero-order chi connectivity index (χ0) is 34.6. The Morgan fingerprint density at radius 2 is 1.69 bits per heavy atom. The number of halogens is 1. The van der Waals surface area contributed by atoms with Crippen molar-refractivity contribution >= 4 is 52.4 Å². The van der Waals surface area contributed by atoms with Crippen molar-refractivity contribution < 1.29 is 19.1 Å². The normalized spacial score (nSPS) is 11.2. The lowest BCUT2D eigenvalue weighted by Gasteiger charge is -2.24. The monoisotopic (exact) mass is 703 g/mol. The fourth-order valence-electron chi connectivity index (χ4n) is 4.65. The molecular formula is C34H34ClN7O4S2. The minimum absolute atomic E-state index is 0.0288. The lowest BCUT2D eigenvalue weighted by atomic mass is 9.96. The van der Waals surface area contributed by atoms with E-state index in [-0.39, 0.29) is 19.8 Å². The second kappa shape index (κ2) is 17.5. The van der Waals surface area contributed by atoms with Crippen LogP contribution in [0.3, 0.4) is 0 Å². The van der Waals surface area contributed by atoms with Gasteiger partial charge in [0.2, 0.25) is 5.91 Å². The molecule has 2 aromatic carbocycles. The van der Waals surface area contributed by atoms with Crippen LogP contribution in [0, 0.1) is 22.7 Å². The Morgan fingerprint density at radius 1 is 1.02 bits per heavy atom. The Bertz CT molecular complexity index is 1820. The molecule has 4 aromatic rings. The van der Waals surface area contributed by atoms with E-state index in [2.05, 4.69) is 17.5 Å². The molecule has 0 aliphatic carbocycles. The largest absolute Gasteiger partial charge is 0.490 e. The number of anilines is 1. The molecule has 0 radical (unpaired) electrons. The highest BCUT2D eigenvalue weighted by Gasteiger charge is 2.24. The highest BCUT2D eigenvalue weighted by atomic mass is 35.5. The SMILES string of the molecule is CCN(CC)c1nc(SCc2csc(-c3ccc(Cl)cc3)n2)c(C#N)c(-c2ccc(OCCOC(=O)[C@H](C)NC(=O)CN)cc2)c1C#N. The number of carbonyl (C=O) groups excluding carboxylic acids is 2. The van der Waals surface area contributed by atoms with Crippen molar-refractivity contribution in [2.75, 3.05) is 37.7 Å². The van der Waals surface area contributed by atoms with Crippen LogP contribution in [0.1, 0.15) is 37.6 Å². The maximum atomic E-state index is 12.1. The van der Waals surface area contributed by atoms with E-state index in [0.717, 1.165) is 16.3 Å². The summed E-state index contributed by atoms with van der Waals surface area (Å²) in [7, 11) is 0. The number of carbonyl (C=O) groups is 2. The first-order valence-electron chi connectivity index (χ1n) is 15.1. The van der Waals surface area contributed by atoms with Gasteiger partial charge in [0.25, 0.3) is 0 Å². The zero-order valence-corrected chi connectivity index (χ0v) is 29.0. The van der Waals surface area contributed by atoms with E-state index in [1.165, 1.54) is 30.0 Å². The van der Waals surface area contributed by atoms with Gasteiger partial charge >= 0.3 is 5.97 Å². The van der Waals surface area contributed by atoms with E-state index in [4.69, 9.17) is 36.8 Å². The van der Waals surface area contributed by atoms with Gasteiger partial charge in [0.1, 0.15) is 58.6 Å². The number of benzene rings is 2. The summed E-state index contributed by atoms with van der Waals surface area (Å²) in [6.45, 7) is 6.56. The van der Waals surface area contributed by atoms with E-state index in [9.17, 15) is 20.1 Å². The number of nitrogens with one attached hydrogen (secondary N) is 1. The van der Waals surface area contributed by atoms with Gasteiger partial charge in [-0.1, -0.05) is 47.6 Å². The molecule has 248 valence electrons. The van der Waals surface area contributed by atoms with Crippen molar-refractivity contribution in [2.45, 2.75) is 37.6 Å². The lowest BCUT2D eigenvalue weighted by molar-refractivity contribution is -0.147. The van der Waals surface area contributed by atoms with Gasteiger partial charge in [-0.05, 0) is 50.6 Å². The highest BCUT2D eigenvalue weighted by molar-refractivity contribution is 7.98. The van der Waals surface area contributed by atoms with Crippen LogP contribution in [0.15, 0.2) is 58.9 Å². The summed E-state index contributed by atoms with van der Waals surface area (Å²) in [6.07, 6.45) is 0. The van der Waals surface area contributed by atoms with Crippen LogP contribution in [-0.2, 0) is 20.1 Å². The number of amides is 1. The molecule has 0 aliphatic rings. The number of nitrogens with zero attached hydrogens (tertiary/aromatic N) is 5. The molecule has 0 spiro atoms. The molecule has 0 unspecified atom stereocenters. The van der Waals surface area contributed by atoms with Crippen molar-refractivity contribution in [1.82, 2.24) is 15.3 Å². The first-order valence-corrected chi connectivity index (χ1v) is 17.3. The summed E-state index contributed by atoms with van der Waals surface area (Å²) in [5, 5.41) is 27.2. The number of thiazole rings is 1. The first-order chi connectivity index (χ1) is 23.2. The van der Waals surface area contributed by atoms with Crippen LogP contribution < -0.4 is 20.7 Å². The average molecular weight is 704 g/mol. The third kappa shape index (κ3) is 9.02. The Kier molecular flexibility index (Phi) is 13.2. The molecule has 1 amide bonds. The standard InChI is InChI=1S/C34H34ClN7O4S2/c1-4-42(5-2)31-27(16-36)30(22-8-12-26(13-9-22)45-14-15-46-34(44)21(3)39-29(43)18-38)28(17-37)33(41-31)48-20-25-19-47-32(40-25)23-6-10-24(35)11-7-23/h6-13,19,21H,4-5,14-15,18,20,38H2,1-3H3,(H,39,43)/t21-/m0/s1. The van der Waals surface area contributed by atoms with Crippen LogP contribution in [0.2, 0.25) is 5.02 Å². The second-order valence-electron chi connectivity index (χ2n) is 10.2. The maximum Gasteiger partial charge on any atom is 0.328 e. The fraction of sp³-hybridized carbons (Fsp3) is 0.294. The van der Waals surface area contributed by atoms with Crippen molar-refractivity contribution in [2.24, 2.45) is 5.73 Å². The Labute approximate surface area is 292 Å². The minimum Gasteiger partial charge on any atom is -0.490 e. The smallest absolute Gasteiger partial charge is 0.328 e. The Morgan fingerprint density at radius 3 is 2.31 bits per heavy atom. The van der Waals surface area contributed by atoms with Crippen LogP contribution in [0.5, 0.6) is 5.75 Å². The summed E-state index contributed by atoms with van der Waals surface area (Å²) >= 11 is 8.97. The van der Waals surface area contributed by atoms with E-state index in [0.29, 0.717) is 62.7 Å². The van der Waals surface area contributed by atoms with Crippen molar-refractivity contribution in [3.8, 4) is 39.6 Å². The fourth-order valence-corrected chi connectivity index (χ4v) is 6.58. The number of nitriles is 2. The number of rotatable bonds is 15. The molecule has 14 heteroatoms. The molecule has 1 atom stereocenters. The zero-order valence-electron chi connectivity index (χ0n) is 26.7. The maximum absolute atomic E-state index is 12.1. The van der Waals surface area contributed by atoms with Gasteiger partial charge < -0.3 is 25.4 Å². The van der Waals surface area contributed by atoms with Gasteiger partial charge in [0, 0.05) is 40.4 Å². The number of esters is 1. The van der Waals surface area contributed by atoms with E-state index in [1.54, 1.807) is 24.3 Å². The van der Waals surface area contributed by atoms with Crippen molar-refractivity contribution in [3.05, 3.63) is 75.8 Å². The van der Waals surface area contributed by atoms with Crippen molar-refractivity contribution in [3.63, 3.8) is 0 Å². The predicted octanol–water partition coefficient (Wildman–Crippen LogP) is 5.79. The van der Waals surface area contributed by atoms with Crippen LogP contribution in [-0.4, -0.2) is 60.7 Å². The highest BCUT2D eigenvalue weighted by Crippen LogP contribution is 2.39. The predicted molar refractivity (Wildman–Crippen MR) is 188 cm³/mol. The van der Waals surface area contributed by atoms with Crippen molar-refractivity contribution in [1.29, 1.82) is 10.5 Å². The number of ether oxygens (including phenoxy) is 2. The average Bonchev–Trinajstić information content (AvgIpc) is 3.58. The van der Waals surface area contributed by atoms with Gasteiger partial charge in [-0.2, -0.15) is 10.5 Å². The third-order valence-electron chi connectivity index (χ3n) is 7.09. The van der Waals surface area contributed by atoms with Gasteiger partial charge in [0.15, 0.2) is 0 Å². The van der Waals surface area contributed by atoms with E-state index < -0.39 is 17.9 Å². The molecule has 11 nitrogen and oxygen atoms in total. The molecule has 2 heterocycles. The molecule has 2 aromatic heterocycles. The van der Waals surface area contributed by atoms with Crippen LogP contribution in [0.4, 0.5) is 5.82 Å². The molecule has 0 aliphatic heterocycles. The Balaban J connectivity index is 1.55. The number of pyridine rings is 1. The summed E-state index contributed by atoms with van der Waals surface area (Å²) in [5.41, 5.74) is 8.84. The third-order valence-corrected chi connectivity index (χ3v) is 9.29. The molecule has 0 saturated heterocycles. The molecule has 3 N–H and O–H groups in total. The molecule has 0 saturated carbocycles. The van der Waals surface area contributed by atoms with Gasteiger partial charge in [-0.25, -0.2) is 14.8 Å². The quantitative estimate of drug-likeness (QED) is 0.0873. The summed E-state index contributed by atoms with van der Waals surface area (Å²) in [6, 6.07) is 18.3. The molecule has 0 fully saturated rings. The topological polar surface area (TPSA) is 167 Å². The van der Waals surface area contributed by atoms with E-state index in [1.807, 2.05) is 48.4 Å². The van der Waals surface area contributed by atoms with Gasteiger partial charge in [0.05, 0.1) is 17.8 Å². The molecule has 48 heavy (non-hydrogen) atoms. The van der Waals surface area contributed by atoms with Gasteiger partial charge in [-0.15, -0.1) is 11.3 Å².